The monoisotopic (exact) mass is 687 g/mol. The van der Waals surface area contributed by atoms with Crippen molar-refractivity contribution in [1.29, 1.82) is 0 Å². The number of carbonyl (C=O) groups excluding carboxylic acids is 2. The Morgan fingerprint density at radius 3 is 2.45 bits per heavy atom. The van der Waals surface area contributed by atoms with Gasteiger partial charge in [-0.15, -0.1) is 0 Å². The number of fused-ring (bicyclic) bond motifs is 2. The molecule has 7 nitrogen and oxygen atoms in total. The van der Waals surface area contributed by atoms with Crippen LogP contribution in [0, 0.1) is 12.8 Å². The van der Waals surface area contributed by atoms with E-state index in [1.807, 2.05) is 80.3 Å². The van der Waals surface area contributed by atoms with E-state index >= 15 is 0 Å². The fourth-order valence-corrected chi connectivity index (χ4v) is 7.14. The van der Waals surface area contributed by atoms with Crippen LogP contribution in [-0.2, 0) is 9.53 Å². The minimum Gasteiger partial charge on any atom is -0.493 e. The lowest BCUT2D eigenvalue weighted by molar-refractivity contribution is -0.144. The number of nitrogens with zero attached hydrogens (tertiary/aromatic N) is 1. The van der Waals surface area contributed by atoms with Gasteiger partial charge in [-0.2, -0.15) is 0 Å². The summed E-state index contributed by atoms with van der Waals surface area (Å²) < 4.78 is 17.1. The summed E-state index contributed by atoms with van der Waals surface area (Å²) in [4.78, 5) is 27.5. The van der Waals surface area contributed by atoms with E-state index in [4.69, 9.17) is 25.8 Å². The van der Waals surface area contributed by atoms with E-state index < -0.39 is 6.10 Å². The minimum atomic E-state index is -0.518. The van der Waals surface area contributed by atoms with Crippen LogP contribution in [0.5, 0.6) is 11.5 Å². The van der Waals surface area contributed by atoms with Crippen molar-refractivity contribution in [3.63, 3.8) is 0 Å². The number of hydrogen-bond donors (Lipinski definition) is 1. The summed E-state index contributed by atoms with van der Waals surface area (Å²) in [6, 6.07) is 21.4. The van der Waals surface area contributed by atoms with Crippen LogP contribution < -0.4 is 9.47 Å². The molecular formula is C41H50ClNO6. The van der Waals surface area contributed by atoms with Gasteiger partial charge >= 0.3 is 12.1 Å². The Hall–Kier alpha value is -3.81. The zero-order valence-electron chi connectivity index (χ0n) is 29.3. The van der Waals surface area contributed by atoms with Gasteiger partial charge in [0.05, 0.1) is 25.4 Å². The van der Waals surface area contributed by atoms with Gasteiger partial charge in [0.25, 0.3) is 0 Å². The van der Waals surface area contributed by atoms with Crippen LogP contribution in [0.15, 0.2) is 72.3 Å². The molecular weight excluding hydrogens is 638 g/mol. The number of carbonyl (C=O) groups is 2. The van der Waals surface area contributed by atoms with Crippen LogP contribution in [-0.4, -0.2) is 47.9 Å². The third-order valence-corrected chi connectivity index (χ3v) is 9.94. The summed E-state index contributed by atoms with van der Waals surface area (Å²) in [6.07, 6.45) is 4.62. The predicted octanol–water partition coefficient (Wildman–Crippen LogP) is 9.83. The number of rotatable bonds is 13. The first-order chi connectivity index (χ1) is 23.6. The van der Waals surface area contributed by atoms with Gasteiger partial charge in [0.1, 0.15) is 11.5 Å². The normalized spacial score (nSPS) is 18.5. The van der Waals surface area contributed by atoms with Crippen LogP contribution in [0.1, 0.15) is 106 Å². The van der Waals surface area contributed by atoms with Crippen molar-refractivity contribution in [3.05, 3.63) is 99.6 Å². The lowest BCUT2D eigenvalue weighted by Gasteiger charge is -2.38. The van der Waals surface area contributed by atoms with Crippen molar-refractivity contribution < 1.29 is 28.9 Å². The first-order valence-corrected chi connectivity index (χ1v) is 18.1. The molecule has 0 saturated heterocycles. The van der Waals surface area contributed by atoms with Crippen molar-refractivity contribution in [3.8, 4) is 11.5 Å². The van der Waals surface area contributed by atoms with Crippen LogP contribution in [0.25, 0.3) is 5.57 Å². The fourth-order valence-electron chi connectivity index (χ4n) is 6.97. The summed E-state index contributed by atoms with van der Waals surface area (Å²) in [5.74, 6) is 1.62. The maximum Gasteiger partial charge on any atom is 0.416 e. The summed E-state index contributed by atoms with van der Waals surface area (Å²) in [7, 11) is 0. The SMILES string of the molecule is CCCOC(=O)CCC(C)CC(O)CCOc1ccc(C2C3=C(CCN2C(=O)Oc2ccc(C)cc2)c2cc(Cl)ccc2C(C)CC3)cc1. The van der Waals surface area contributed by atoms with Gasteiger partial charge in [-0.3, -0.25) is 9.69 Å². The molecule has 1 aliphatic heterocycles. The zero-order valence-corrected chi connectivity index (χ0v) is 30.0. The highest BCUT2D eigenvalue weighted by Gasteiger charge is 2.37. The standard InChI is InChI=1S/C41H50ClNO6/c1-5-23-48-39(45)19-8-28(3)25-32(44)21-24-47-33-15-10-30(11-16-33)40-37-17-9-29(4)35-18-12-31(42)26-38(35)36(37)20-22-43(40)41(46)49-34-13-6-27(2)7-14-34/h6-7,10-16,18,26,28-29,32,40,44H,5,8-9,17,19-25H2,1-4H3. The van der Waals surface area contributed by atoms with E-state index in [0.717, 1.165) is 36.8 Å². The smallest absolute Gasteiger partial charge is 0.416 e. The largest absolute Gasteiger partial charge is 0.493 e. The quantitative estimate of drug-likeness (QED) is 0.180. The Bertz CT molecular complexity index is 1600. The van der Waals surface area contributed by atoms with E-state index in [1.165, 1.54) is 22.3 Å². The first-order valence-electron chi connectivity index (χ1n) is 17.8. The number of halogens is 1. The van der Waals surface area contributed by atoms with Crippen LogP contribution in [0.3, 0.4) is 0 Å². The second kappa shape index (κ2) is 17.2. The van der Waals surface area contributed by atoms with Crippen molar-refractivity contribution in [1.82, 2.24) is 4.90 Å². The lowest BCUT2D eigenvalue weighted by Crippen LogP contribution is -2.41. The molecule has 1 aliphatic carbocycles. The molecule has 8 heteroatoms. The molecule has 0 radical (unpaired) electrons. The third kappa shape index (κ3) is 9.67. The van der Waals surface area contributed by atoms with Crippen LogP contribution in [0.4, 0.5) is 4.79 Å². The van der Waals surface area contributed by atoms with Gasteiger partial charge < -0.3 is 19.3 Å². The second-order valence-electron chi connectivity index (χ2n) is 13.7. The molecule has 1 amide bonds. The zero-order chi connectivity index (χ0) is 34.9. The summed E-state index contributed by atoms with van der Waals surface area (Å²) in [6.45, 7) is 9.63. The van der Waals surface area contributed by atoms with Crippen molar-refractivity contribution in [2.24, 2.45) is 5.92 Å². The van der Waals surface area contributed by atoms with Gasteiger partial charge in [-0.1, -0.05) is 68.3 Å². The maximum atomic E-state index is 13.8. The molecule has 0 fully saturated rings. The molecule has 0 bridgehead atoms. The number of benzene rings is 3. The molecule has 4 atom stereocenters. The van der Waals surface area contributed by atoms with Crippen LogP contribution >= 0.6 is 11.6 Å². The number of aliphatic hydroxyl groups is 1. The summed E-state index contributed by atoms with van der Waals surface area (Å²) >= 11 is 6.53. The summed E-state index contributed by atoms with van der Waals surface area (Å²) in [5, 5.41) is 11.3. The van der Waals surface area contributed by atoms with Gasteiger partial charge in [-0.05, 0) is 122 Å². The fraction of sp³-hybridized carbons (Fsp3) is 0.463. The Morgan fingerprint density at radius 2 is 1.71 bits per heavy atom. The number of aryl methyl sites for hydroxylation is 1. The third-order valence-electron chi connectivity index (χ3n) is 9.71. The Morgan fingerprint density at radius 1 is 0.980 bits per heavy atom. The average Bonchev–Trinajstić information content (AvgIpc) is 3.23. The van der Waals surface area contributed by atoms with Gasteiger partial charge in [0, 0.05) is 24.4 Å². The molecule has 4 unspecified atom stereocenters. The second-order valence-corrected chi connectivity index (χ2v) is 14.1. The van der Waals surface area contributed by atoms with Gasteiger partial charge in [0.2, 0.25) is 0 Å². The molecule has 2 aliphatic rings. The number of ether oxygens (including phenoxy) is 3. The average molecular weight is 688 g/mol. The predicted molar refractivity (Wildman–Crippen MR) is 194 cm³/mol. The number of aliphatic hydroxyl groups excluding tert-OH is 1. The van der Waals surface area contributed by atoms with Gasteiger partial charge in [-0.25, -0.2) is 4.79 Å². The van der Waals surface area contributed by atoms with Crippen LogP contribution in [0.2, 0.25) is 5.02 Å². The van der Waals surface area contributed by atoms with Crippen molar-refractivity contribution >= 4 is 29.2 Å². The Labute approximate surface area is 296 Å². The molecule has 0 spiro atoms. The van der Waals surface area contributed by atoms with Crippen molar-refractivity contribution in [2.75, 3.05) is 19.8 Å². The number of amides is 1. The molecule has 1 heterocycles. The van der Waals surface area contributed by atoms with E-state index in [-0.39, 0.29) is 24.0 Å². The van der Waals surface area contributed by atoms with E-state index in [0.29, 0.717) is 67.9 Å². The molecule has 49 heavy (non-hydrogen) atoms. The molecule has 5 rings (SSSR count). The molecule has 3 aromatic rings. The highest BCUT2D eigenvalue weighted by atomic mass is 35.5. The van der Waals surface area contributed by atoms with Gasteiger partial charge in [0.15, 0.2) is 0 Å². The lowest BCUT2D eigenvalue weighted by atomic mass is 9.84. The molecule has 3 aromatic carbocycles. The Kier molecular flexibility index (Phi) is 12.8. The molecule has 1 N–H and O–H groups in total. The molecule has 0 aromatic heterocycles. The minimum absolute atomic E-state index is 0.176. The molecule has 0 saturated carbocycles. The first kappa shape index (κ1) is 36.5. The van der Waals surface area contributed by atoms with E-state index in [1.54, 1.807) is 0 Å². The van der Waals surface area contributed by atoms with Crippen molar-refractivity contribution in [2.45, 2.75) is 97.1 Å². The summed E-state index contributed by atoms with van der Waals surface area (Å²) in [5.41, 5.74) is 7.08. The topological polar surface area (TPSA) is 85.3 Å². The number of hydrogen-bond acceptors (Lipinski definition) is 6. The highest BCUT2D eigenvalue weighted by Crippen LogP contribution is 2.48. The highest BCUT2D eigenvalue weighted by molar-refractivity contribution is 6.30. The Balaban J connectivity index is 1.29. The number of esters is 1. The van der Waals surface area contributed by atoms with E-state index in [2.05, 4.69) is 19.1 Å². The maximum absolute atomic E-state index is 13.8. The van der Waals surface area contributed by atoms with E-state index in [9.17, 15) is 14.7 Å². The molecule has 262 valence electrons.